The van der Waals surface area contributed by atoms with Gasteiger partial charge in [-0.3, -0.25) is 4.79 Å². The standard InChI is InChI=1S/C19H18ClN3O3S/c1-13-17(12-22-23(13)16-9-7-15(20)8-10-16)19(24)21-11-14-5-3-4-6-18(14)27(2,25)26/h3-10,12H,11H2,1-2H3,(H,21,24). The molecule has 140 valence electrons. The van der Waals surface area contributed by atoms with Crippen LogP contribution in [0.3, 0.4) is 0 Å². The van der Waals surface area contributed by atoms with Crippen LogP contribution in [-0.4, -0.2) is 30.4 Å². The average molecular weight is 404 g/mol. The number of carbonyl (C=O) groups is 1. The second-order valence-corrected chi connectivity index (χ2v) is 8.52. The molecule has 1 aromatic heterocycles. The van der Waals surface area contributed by atoms with Crippen LogP contribution in [0.5, 0.6) is 0 Å². The number of carbonyl (C=O) groups excluding carboxylic acids is 1. The lowest BCUT2D eigenvalue weighted by Crippen LogP contribution is -2.24. The predicted octanol–water partition coefficient (Wildman–Crippen LogP) is 3.17. The van der Waals surface area contributed by atoms with Crippen molar-refractivity contribution in [3.63, 3.8) is 0 Å². The van der Waals surface area contributed by atoms with Gasteiger partial charge in [0.2, 0.25) is 0 Å². The Kier molecular flexibility index (Phi) is 5.34. The van der Waals surface area contributed by atoms with Gasteiger partial charge in [0.15, 0.2) is 9.84 Å². The van der Waals surface area contributed by atoms with E-state index >= 15 is 0 Å². The van der Waals surface area contributed by atoms with Crippen molar-refractivity contribution in [1.82, 2.24) is 15.1 Å². The molecule has 0 saturated heterocycles. The normalized spacial score (nSPS) is 11.4. The lowest BCUT2D eigenvalue weighted by molar-refractivity contribution is 0.0950. The Morgan fingerprint density at radius 2 is 1.81 bits per heavy atom. The number of amides is 1. The van der Waals surface area contributed by atoms with E-state index in [1.54, 1.807) is 41.9 Å². The van der Waals surface area contributed by atoms with E-state index in [0.717, 1.165) is 11.9 Å². The minimum atomic E-state index is -3.37. The maximum atomic E-state index is 12.6. The monoisotopic (exact) mass is 403 g/mol. The van der Waals surface area contributed by atoms with Crippen molar-refractivity contribution in [2.45, 2.75) is 18.4 Å². The summed E-state index contributed by atoms with van der Waals surface area (Å²) in [6.07, 6.45) is 2.63. The fourth-order valence-corrected chi connectivity index (χ4v) is 3.83. The van der Waals surface area contributed by atoms with Crippen molar-refractivity contribution in [2.24, 2.45) is 0 Å². The Morgan fingerprint density at radius 1 is 1.15 bits per heavy atom. The molecule has 6 nitrogen and oxygen atoms in total. The topological polar surface area (TPSA) is 81.1 Å². The molecule has 1 heterocycles. The number of halogens is 1. The second kappa shape index (κ2) is 7.54. The Labute approximate surface area is 162 Å². The molecule has 0 bridgehead atoms. The molecular weight excluding hydrogens is 386 g/mol. The van der Waals surface area contributed by atoms with Crippen molar-refractivity contribution < 1.29 is 13.2 Å². The van der Waals surface area contributed by atoms with Gasteiger partial charge in [-0.1, -0.05) is 29.8 Å². The first-order chi connectivity index (χ1) is 12.8. The summed E-state index contributed by atoms with van der Waals surface area (Å²) in [7, 11) is -3.37. The molecule has 0 saturated carbocycles. The maximum absolute atomic E-state index is 12.6. The van der Waals surface area contributed by atoms with Gasteiger partial charge >= 0.3 is 0 Å². The molecule has 1 amide bonds. The highest BCUT2D eigenvalue weighted by molar-refractivity contribution is 7.90. The first kappa shape index (κ1) is 19.1. The molecule has 0 radical (unpaired) electrons. The van der Waals surface area contributed by atoms with Crippen LogP contribution in [-0.2, 0) is 16.4 Å². The van der Waals surface area contributed by atoms with Gasteiger partial charge in [-0.05, 0) is 42.8 Å². The highest BCUT2D eigenvalue weighted by Gasteiger charge is 2.17. The fourth-order valence-electron chi connectivity index (χ4n) is 2.76. The van der Waals surface area contributed by atoms with Crippen LogP contribution in [0.15, 0.2) is 59.6 Å². The molecule has 1 N–H and O–H groups in total. The molecule has 0 unspecified atom stereocenters. The molecule has 0 aliphatic carbocycles. The number of benzene rings is 2. The van der Waals surface area contributed by atoms with E-state index in [1.807, 2.05) is 12.1 Å². The zero-order valence-electron chi connectivity index (χ0n) is 14.8. The van der Waals surface area contributed by atoms with Crippen LogP contribution in [0, 0.1) is 6.92 Å². The van der Waals surface area contributed by atoms with E-state index in [9.17, 15) is 13.2 Å². The zero-order valence-corrected chi connectivity index (χ0v) is 16.4. The summed E-state index contributed by atoms with van der Waals surface area (Å²) in [5, 5.41) is 7.65. The van der Waals surface area contributed by atoms with E-state index in [1.165, 1.54) is 12.3 Å². The molecule has 2 aromatic carbocycles. The van der Waals surface area contributed by atoms with Gasteiger partial charge < -0.3 is 5.32 Å². The largest absolute Gasteiger partial charge is 0.348 e. The van der Waals surface area contributed by atoms with E-state index in [4.69, 9.17) is 11.6 Å². The van der Waals surface area contributed by atoms with Crippen LogP contribution in [0.2, 0.25) is 5.02 Å². The quantitative estimate of drug-likeness (QED) is 0.709. The number of sulfone groups is 1. The van der Waals surface area contributed by atoms with Gasteiger partial charge in [0.05, 0.1) is 28.0 Å². The summed E-state index contributed by atoms with van der Waals surface area (Å²) >= 11 is 5.90. The fraction of sp³-hybridized carbons (Fsp3) is 0.158. The van der Waals surface area contributed by atoms with Gasteiger partial charge in [-0.15, -0.1) is 0 Å². The third kappa shape index (κ3) is 4.20. The summed E-state index contributed by atoms with van der Waals surface area (Å²) in [5.41, 5.74) is 2.42. The van der Waals surface area contributed by atoms with E-state index < -0.39 is 9.84 Å². The van der Waals surface area contributed by atoms with Crippen molar-refractivity contribution in [1.29, 1.82) is 0 Å². The number of nitrogens with zero attached hydrogens (tertiary/aromatic N) is 2. The number of hydrogen-bond donors (Lipinski definition) is 1. The number of rotatable bonds is 5. The lowest BCUT2D eigenvalue weighted by Gasteiger charge is -2.09. The number of nitrogens with one attached hydrogen (secondary N) is 1. The highest BCUT2D eigenvalue weighted by Crippen LogP contribution is 2.18. The van der Waals surface area contributed by atoms with Crippen LogP contribution < -0.4 is 5.32 Å². The summed E-state index contributed by atoms with van der Waals surface area (Å²) in [4.78, 5) is 12.8. The van der Waals surface area contributed by atoms with Crippen LogP contribution in [0.1, 0.15) is 21.6 Å². The number of aromatic nitrogens is 2. The van der Waals surface area contributed by atoms with Gasteiger partial charge in [0.1, 0.15) is 0 Å². The van der Waals surface area contributed by atoms with E-state index in [-0.39, 0.29) is 17.3 Å². The smallest absolute Gasteiger partial charge is 0.255 e. The molecule has 3 aromatic rings. The molecule has 0 atom stereocenters. The second-order valence-electron chi connectivity index (χ2n) is 6.09. The van der Waals surface area contributed by atoms with Crippen LogP contribution >= 0.6 is 11.6 Å². The predicted molar refractivity (Wildman–Crippen MR) is 104 cm³/mol. The minimum absolute atomic E-state index is 0.105. The SMILES string of the molecule is Cc1c(C(=O)NCc2ccccc2S(C)(=O)=O)cnn1-c1ccc(Cl)cc1. The summed E-state index contributed by atoms with van der Waals surface area (Å²) in [6.45, 7) is 1.90. The van der Waals surface area contributed by atoms with Gasteiger partial charge in [-0.2, -0.15) is 5.10 Å². The molecule has 0 fully saturated rings. The third-order valence-corrected chi connectivity index (χ3v) is 5.59. The molecular formula is C19H18ClN3O3S. The molecule has 0 aliphatic rings. The van der Waals surface area contributed by atoms with E-state index in [2.05, 4.69) is 10.4 Å². The summed E-state index contributed by atoms with van der Waals surface area (Å²) in [6, 6.07) is 13.7. The Bertz CT molecular complexity index is 1090. The van der Waals surface area contributed by atoms with E-state index in [0.29, 0.717) is 21.8 Å². The third-order valence-electron chi connectivity index (χ3n) is 4.14. The van der Waals surface area contributed by atoms with Crippen molar-refractivity contribution in [2.75, 3.05) is 6.26 Å². The van der Waals surface area contributed by atoms with Crippen LogP contribution in [0.4, 0.5) is 0 Å². The molecule has 0 aliphatic heterocycles. The Morgan fingerprint density at radius 3 is 2.48 bits per heavy atom. The van der Waals surface area contributed by atoms with Crippen LogP contribution in [0.25, 0.3) is 5.69 Å². The first-order valence-corrected chi connectivity index (χ1v) is 10.4. The van der Waals surface area contributed by atoms with Gasteiger partial charge in [-0.25, -0.2) is 13.1 Å². The van der Waals surface area contributed by atoms with Gasteiger partial charge in [0.25, 0.3) is 5.91 Å². The average Bonchev–Trinajstić information content (AvgIpc) is 3.01. The molecule has 27 heavy (non-hydrogen) atoms. The Hall–Kier alpha value is -2.64. The summed E-state index contributed by atoms with van der Waals surface area (Å²) in [5.74, 6) is -0.323. The summed E-state index contributed by atoms with van der Waals surface area (Å²) < 4.78 is 25.4. The lowest BCUT2D eigenvalue weighted by atomic mass is 10.2. The maximum Gasteiger partial charge on any atom is 0.255 e. The van der Waals surface area contributed by atoms with Crippen molar-refractivity contribution >= 4 is 27.3 Å². The number of hydrogen-bond acceptors (Lipinski definition) is 4. The minimum Gasteiger partial charge on any atom is -0.348 e. The first-order valence-electron chi connectivity index (χ1n) is 8.14. The highest BCUT2D eigenvalue weighted by atomic mass is 35.5. The van der Waals surface area contributed by atoms with Gasteiger partial charge in [0, 0.05) is 17.8 Å². The van der Waals surface area contributed by atoms with Crippen molar-refractivity contribution in [3.05, 3.63) is 76.6 Å². The molecule has 3 rings (SSSR count). The zero-order chi connectivity index (χ0) is 19.6. The Balaban J connectivity index is 1.80. The molecule has 8 heteroatoms. The van der Waals surface area contributed by atoms with Crippen molar-refractivity contribution in [3.8, 4) is 5.69 Å². The molecule has 0 spiro atoms.